The van der Waals surface area contributed by atoms with Crippen molar-refractivity contribution < 1.29 is 15.0 Å². The Kier molecular flexibility index (Phi) is 11.1. The lowest BCUT2D eigenvalue weighted by atomic mass is 10.3. The lowest BCUT2D eigenvalue weighted by molar-refractivity contribution is -0.415. The molecule has 7 nitrogen and oxygen atoms in total. The molecular formula is C7H14N4O3S-2. The first-order valence-corrected chi connectivity index (χ1v) is 4.56. The number of nitrogens with one attached hydrogen (secondary N) is 1. The van der Waals surface area contributed by atoms with Crippen molar-refractivity contribution >= 4 is 29.4 Å². The van der Waals surface area contributed by atoms with Crippen molar-refractivity contribution in [2.24, 2.45) is 16.5 Å². The first-order chi connectivity index (χ1) is 6.90. The highest BCUT2D eigenvalue weighted by molar-refractivity contribution is 7.80. The van der Waals surface area contributed by atoms with Gasteiger partial charge in [0.15, 0.2) is 11.1 Å². The second-order valence-electron chi connectivity index (χ2n) is 2.37. The lowest BCUT2D eigenvalue weighted by Gasteiger charge is -2.01. The van der Waals surface area contributed by atoms with Crippen LogP contribution in [0.3, 0.4) is 0 Å². The largest absolute Gasteiger partial charge is 0.652 e. The number of guanidine groups is 1. The van der Waals surface area contributed by atoms with Crippen LogP contribution in [0.15, 0.2) is 4.99 Å². The molecule has 5 N–H and O–H groups in total. The Bertz CT molecular complexity index is 224. The second-order valence-corrected chi connectivity index (χ2v) is 2.76. The van der Waals surface area contributed by atoms with E-state index in [0.717, 1.165) is 19.4 Å². The topological polar surface area (TPSA) is 140 Å². The monoisotopic (exact) mass is 234 g/mol. The number of unbranched alkanes of at least 4 members (excludes halogenated alkanes) is 1. The summed E-state index contributed by atoms with van der Waals surface area (Å²) in [7, 11) is 0. The summed E-state index contributed by atoms with van der Waals surface area (Å²) in [6.07, 6.45) is -0.141. The van der Waals surface area contributed by atoms with Crippen molar-refractivity contribution in [3.8, 4) is 0 Å². The summed E-state index contributed by atoms with van der Waals surface area (Å²) in [5.41, 5.74) is 10.2. The van der Waals surface area contributed by atoms with Gasteiger partial charge in [0.2, 0.25) is 0 Å². The maximum absolute atomic E-state index is 8.33. The van der Waals surface area contributed by atoms with Gasteiger partial charge in [-0.25, -0.2) is 0 Å². The molecule has 0 spiro atoms. The summed E-state index contributed by atoms with van der Waals surface area (Å²) in [5.74, 6) is -0.000927. The minimum atomic E-state index is -2.33. The summed E-state index contributed by atoms with van der Waals surface area (Å²) in [5, 5.41) is 19.9. The molecule has 0 aromatic carbocycles. The Morgan fingerprint density at radius 3 is 2.27 bits per heavy atom. The van der Waals surface area contributed by atoms with Gasteiger partial charge in [-0.15, -0.1) is 0 Å². The van der Waals surface area contributed by atoms with E-state index < -0.39 is 6.16 Å². The molecule has 0 rings (SSSR count). The Morgan fingerprint density at radius 2 is 1.93 bits per heavy atom. The molecule has 0 atom stereocenters. The molecule has 15 heavy (non-hydrogen) atoms. The predicted octanol–water partition coefficient (Wildman–Crippen LogP) is -2.51. The van der Waals surface area contributed by atoms with Crippen molar-refractivity contribution in [3.63, 3.8) is 0 Å². The van der Waals surface area contributed by atoms with Crippen LogP contribution in [0.2, 0.25) is 0 Å². The lowest BCUT2D eigenvalue weighted by Crippen LogP contribution is -2.37. The van der Waals surface area contributed by atoms with Crippen molar-refractivity contribution in [2.45, 2.75) is 19.8 Å². The van der Waals surface area contributed by atoms with Crippen LogP contribution in [0.25, 0.3) is 0 Å². The Labute approximate surface area is 93.2 Å². The number of hydrogen-bond acceptors (Lipinski definition) is 4. The van der Waals surface area contributed by atoms with Gasteiger partial charge in [0.25, 0.3) is 0 Å². The third-order valence-corrected chi connectivity index (χ3v) is 1.27. The van der Waals surface area contributed by atoms with E-state index >= 15 is 0 Å². The third-order valence-electron chi connectivity index (χ3n) is 1.04. The maximum atomic E-state index is 8.33. The van der Waals surface area contributed by atoms with Crippen molar-refractivity contribution in [1.82, 2.24) is 5.32 Å². The van der Waals surface area contributed by atoms with Crippen LogP contribution in [0.1, 0.15) is 19.8 Å². The zero-order valence-electron chi connectivity index (χ0n) is 8.36. The molecule has 0 saturated heterocycles. The summed E-state index contributed by atoms with van der Waals surface area (Å²) in [6, 6.07) is 0. The van der Waals surface area contributed by atoms with Crippen molar-refractivity contribution in [2.75, 3.05) is 6.54 Å². The Balaban J connectivity index is 0. The van der Waals surface area contributed by atoms with E-state index in [4.69, 9.17) is 38.7 Å². The molecule has 8 heteroatoms. The number of carboxylic acid groups (broad SMARTS) is 2. The van der Waals surface area contributed by atoms with Gasteiger partial charge in [-0.05, 0) is 24.8 Å². The first-order valence-electron chi connectivity index (χ1n) is 4.15. The molecular weight excluding hydrogens is 220 g/mol. The van der Waals surface area contributed by atoms with Gasteiger partial charge in [0.1, 0.15) is 0 Å². The minimum absolute atomic E-state index is 0.000927. The fourth-order valence-corrected chi connectivity index (χ4v) is 0.736. The second kappa shape index (κ2) is 10.5. The molecule has 0 amide bonds. The molecule has 0 radical (unpaired) electrons. The number of carbonyl (C=O) groups excluding carboxylic acids is 1. The zero-order valence-corrected chi connectivity index (χ0v) is 9.17. The van der Waals surface area contributed by atoms with Gasteiger partial charge in [-0.2, -0.15) is 4.99 Å². The molecule has 0 fully saturated rings. The molecule has 0 aliphatic heterocycles. The summed E-state index contributed by atoms with van der Waals surface area (Å²) in [4.78, 5) is 12.0. The number of thiocarbonyl (C=S) groups is 1. The predicted molar refractivity (Wildman–Crippen MR) is 56.7 cm³/mol. The van der Waals surface area contributed by atoms with E-state index in [9.17, 15) is 0 Å². The third kappa shape index (κ3) is 24.5. The fraction of sp³-hybridized carbons (Fsp3) is 0.571. The van der Waals surface area contributed by atoms with Gasteiger partial charge in [-0.1, -0.05) is 13.3 Å². The number of rotatable bonds is 3. The van der Waals surface area contributed by atoms with Crippen LogP contribution < -0.4 is 27.0 Å². The van der Waals surface area contributed by atoms with Gasteiger partial charge in [0.05, 0.1) is 0 Å². The van der Waals surface area contributed by atoms with E-state index in [2.05, 4.69) is 17.2 Å². The van der Waals surface area contributed by atoms with E-state index in [1.807, 2.05) is 0 Å². The summed E-state index contributed by atoms with van der Waals surface area (Å²) < 4.78 is 0. The smallest absolute Gasteiger partial charge is 0.196 e. The number of nitrogens with zero attached hydrogens (tertiary/aromatic N) is 1. The number of nitrogens with two attached hydrogens (primary N) is 2. The molecule has 0 unspecified atom stereocenters. The first kappa shape index (κ1) is 15.9. The van der Waals surface area contributed by atoms with Crippen LogP contribution >= 0.6 is 12.2 Å². The molecule has 0 aliphatic carbocycles. The van der Waals surface area contributed by atoms with Crippen LogP contribution in [0, 0.1) is 0 Å². The number of aliphatic imine (C=N–C) groups is 1. The molecule has 0 saturated carbocycles. The van der Waals surface area contributed by atoms with E-state index in [-0.39, 0.29) is 5.96 Å². The highest BCUT2D eigenvalue weighted by atomic mass is 32.1. The van der Waals surface area contributed by atoms with Crippen LogP contribution in [0.4, 0.5) is 4.79 Å². The molecule has 0 bridgehead atoms. The minimum Gasteiger partial charge on any atom is -0.652 e. The molecule has 0 aromatic rings. The molecule has 88 valence electrons. The summed E-state index contributed by atoms with van der Waals surface area (Å²) in [6.45, 7) is 2.93. The van der Waals surface area contributed by atoms with Gasteiger partial charge in [0, 0.05) is 6.54 Å². The average Bonchev–Trinajstić information content (AvgIpc) is 2.02. The number of hydrogen-bond donors (Lipinski definition) is 3. The summed E-state index contributed by atoms with van der Waals surface area (Å²) >= 11 is 4.78. The average molecular weight is 234 g/mol. The SMILES string of the molecule is CCCCNC(=S)N=C(N)N.O=C([O-])[O-]. The molecule has 0 aliphatic rings. The van der Waals surface area contributed by atoms with Gasteiger partial charge in [-0.3, -0.25) is 0 Å². The Morgan fingerprint density at radius 1 is 1.47 bits per heavy atom. The van der Waals surface area contributed by atoms with E-state index in [1.54, 1.807) is 0 Å². The van der Waals surface area contributed by atoms with Gasteiger partial charge >= 0.3 is 0 Å². The van der Waals surface area contributed by atoms with E-state index in [1.165, 1.54) is 0 Å². The quantitative estimate of drug-likeness (QED) is 0.212. The zero-order chi connectivity index (χ0) is 12.3. The van der Waals surface area contributed by atoms with Crippen molar-refractivity contribution in [1.29, 1.82) is 0 Å². The normalized spacial score (nSPS) is 8.07. The maximum Gasteiger partial charge on any atom is 0.196 e. The van der Waals surface area contributed by atoms with Crippen molar-refractivity contribution in [3.05, 3.63) is 0 Å². The Hall–Kier alpha value is -1.57. The molecule has 0 heterocycles. The van der Waals surface area contributed by atoms with Crippen LogP contribution in [-0.2, 0) is 0 Å². The van der Waals surface area contributed by atoms with Gasteiger partial charge < -0.3 is 31.8 Å². The number of carbonyl (C=O) groups is 1. The highest BCUT2D eigenvalue weighted by Crippen LogP contribution is 1.83. The fourth-order valence-electron chi connectivity index (χ4n) is 0.529. The van der Waals surface area contributed by atoms with Crippen LogP contribution in [0.5, 0.6) is 0 Å². The van der Waals surface area contributed by atoms with Crippen LogP contribution in [-0.4, -0.2) is 23.8 Å². The van der Waals surface area contributed by atoms with E-state index in [0.29, 0.717) is 5.11 Å². The highest BCUT2D eigenvalue weighted by Gasteiger charge is 1.90. The standard InChI is InChI=1S/C6H14N4S.CH2O3/c1-2-3-4-9-6(11)10-5(7)8;2-1(3)4/h2-4H2,1H3,(H5,7,8,9,10,11);(H2,2,3,4)/p-2. The molecule has 0 aromatic heterocycles.